The molecule has 0 amide bonds. The molecule has 1 unspecified atom stereocenters. The van der Waals surface area contributed by atoms with Gasteiger partial charge in [0.2, 0.25) is 0 Å². The van der Waals surface area contributed by atoms with Crippen molar-refractivity contribution in [2.45, 2.75) is 32.4 Å². The molecule has 130 valence electrons. The minimum absolute atomic E-state index is 0.0541. The summed E-state index contributed by atoms with van der Waals surface area (Å²) in [6, 6.07) is 5.55. The zero-order valence-corrected chi connectivity index (χ0v) is 14.1. The Balaban J connectivity index is 2.30. The van der Waals surface area contributed by atoms with E-state index < -0.39 is 22.9 Å². The van der Waals surface area contributed by atoms with Gasteiger partial charge in [0, 0.05) is 5.71 Å². The van der Waals surface area contributed by atoms with Crippen molar-refractivity contribution < 1.29 is 13.2 Å². The third-order valence-corrected chi connectivity index (χ3v) is 5.02. The average Bonchev–Trinajstić information content (AvgIpc) is 3.19. The number of thiophene rings is 1. The molecule has 8 heteroatoms. The summed E-state index contributed by atoms with van der Waals surface area (Å²) in [7, 11) is 0. The fourth-order valence-electron chi connectivity index (χ4n) is 2.88. The minimum atomic E-state index is -4.79. The molecule has 1 atom stereocenters. The number of halogens is 3. The average molecular weight is 365 g/mol. The van der Waals surface area contributed by atoms with E-state index in [1.807, 2.05) is 0 Å². The predicted octanol–water partition coefficient (Wildman–Crippen LogP) is 4.49. The van der Waals surface area contributed by atoms with Crippen molar-refractivity contribution in [2.24, 2.45) is 11.0 Å². The van der Waals surface area contributed by atoms with Crippen molar-refractivity contribution in [3.63, 3.8) is 0 Å². The second kappa shape index (κ2) is 6.48. The summed E-state index contributed by atoms with van der Waals surface area (Å²) < 4.78 is 40.8. The smallest absolute Gasteiger partial charge is 0.266 e. The van der Waals surface area contributed by atoms with Crippen molar-refractivity contribution in [2.75, 3.05) is 0 Å². The number of alkyl halides is 3. The maximum Gasteiger partial charge on any atom is 0.417 e. The molecule has 0 spiro atoms. The highest BCUT2D eigenvalue weighted by atomic mass is 32.1. The van der Waals surface area contributed by atoms with Crippen molar-refractivity contribution in [1.29, 1.82) is 5.26 Å². The summed E-state index contributed by atoms with van der Waals surface area (Å²) in [5.74, 6) is 0.421. The highest BCUT2D eigenvalue weighted by Crippen LogP contribution is 2.35. The Labute approximate surface area is 145 Å². The van der Waals surface area contributed by atoms with Crippen LogP contribution in [0.4, 0.5) is 13.2 Å². The molecule has 1 aliphatic rings. The largest absolute Gasteiger partial charge is 0.417 e. The third kappa shape index (κ3) is 3.37. The molecule has 0 radical (unpaired) electrons. The lowest BCUT2D eigenvalue weighted by molar-refractivity contribution is -0.137. The third-order valence-electron chi connectivity index (χ3n) is 4.13. The maximum atomic E-state index is 13.3. The molecule has 0 N–H and O–H groups in total. The first kappa shape index (κ1) is 17.4. The molecule has 4 nitrogen and oxygen atoms in total. The first-order valence-electron chi connectivity index (χ1n) is 7.69. The van der Waals surface area contributed by atoms with Crippen molar-refractivity contribution >= 4 is 17.0 Å². The van der Waals surface area contributed by atoms with Gasteiger partial charge in [0.05, 0.1) is 16.1 Å². The van der Waals surface area contributed by atoms with Gasteiger partial charge >= 0.3 is 6.18 Å². The van der Waals surface area contributed by atoms with E-state index in [-0.39, 0.29) is 5.69 Å². The summed E-state index contributed by atoms with van der Waals surface area (Å²) in [4.78, 5) is 13.1. The summed E-state index contributed by atoms with van der Waals surface area (Å²) in [6.45, 7) is 2.05. The fraction of sp³-hybridized carbons (Fsp3) is 0.353. The Bertz CT molecular complexity index is 920. The Morgan fingerprint density at radius 2 is 2.20 bits per heavy atom. The maximum absolute atomic E-state index is 13.3. The van der Waals surface area contributed by atoms with E-state index >= 15 is 0 Å². The molecule has 0 saturated heterocycles. The molecule has 2 aromatic heterocycles. The van der Waals surface area contributed by atoms with Crippen molar-refractivity contribution in [3.05, 3.63) is 45.1 Å². The van der Waals surface area contributed by atoms with Gasteiger partial charge in [-0.15, -0.1) is 11.3 Å². The number of hydrogen-bond donors (Lipinski definition) is 0. The standard InChI is InChI=1S/C17H14F3N3OS/c1-10-4-5-11(7-10)22-23-14(15-3-2-6-25-15)8-13(17(18,19)20)12(9-21)16(23)24/h2-3,6,8,10H,4-5,7H2,1H3. The molecule has 1 fully saturated rings. The first-order valence-corrected chi connectivity index (χ1v) is 8.57. The normalized spacial score (nSPS) is 19.3. The van der Waals surface area contributed by atoms with Crippen LogP contribution in [0.2, 0.25) is 0 Å². The van der Waals surface area contributed by atoms with Crippen molar-refractivity contribution in [3.8, 4) is 16.6 Å². The van der Waals surface area contributed by atoms with Gasteiger partial charge in [-0.25, -0.2) is 0 Å². The quantitative estimate of drug-likeness (QED) is 0.787. The van der Waals surface area contributed by atoms with Gasteiger partial charge in [0.15, 0.2) is 0 Å². The molecular weight excluding hydrogens is 351 g/mol. The molecule has 1 saturated carbocycles. The molecule has 0 bridgehead atoms. The summed E-state index contributed by atoms with van der Waals surface area (Å²) in [5, 5.41) is 15.1. The lowest BCUT2D eigenvalue weighted by Gasteiger charge is -2.14. The van der Waals surface area contributed by atoms with Crippen LogP contribution in [-0.2, 0) is 6.18 Å². The topological polar surface area (TPSA) is 58.1 Å². The first-order chi connectivity index (χ1) is 11.8. The summed E-state index contributed by atoms with van der Waals surface area (Å²) >= 11 is 1.21. The second-order valence-corrected chi connectivity index (χ2v) is 6.98. The van der Waals surface area contributed by atoms with E-state index in [0.29, 0.717) is 23.6 Å². The number of pyridine rings is 1. The Morgan fingerprint density at radius 1 is 1.44 bits per heavy atom. The van der Waals surface area contributed by atoms with E-state index in [1.54, 1.807) is 17.5 Å². The van der Waals surface area contributed by atoms with Gasteiger partial charge in [0.1, 0.15) is 11.6 Å². The van der Waals surface area contributed by atoms with Crippen LogP contribution < -0.4 is 5.56 Å². The zero-order valence-electron chi connectivity index (χ0n) is 13.3. The van der Waals surface area contributed by atoms with Gasteiger partial charge in [-0.3, -0.25) is 4.79 Å². The van der Waals surface area contributed by atoms with Crippen LogP contribution in [0.15, 0.2) is 33.5 Å². The van der Waals surface area contributed by atoms with Crippen LogP contribution in [0.25, 0.3) is 10.6 Å². The van der Waals surface area contributed by atoms with Crippen LogP contribution >= 0.6 is 11.3 Å². The number of nitriles is 1. The number of nitrogens with zero attached hydrogens (tertiary/aromatic N) is 3. The molecule has 3 rings (SSSR count). The van der Waals surface area contributed by atoms with E-state index in [0.717, 1.165) is 22.9 Å². The van der Waals surface area contributed by atoms with Gasteiger partial charge in [-0.05, 0) is 42.7 Å². The molecule has 2 aromatic rings. The summed E-state index contributed by atoms with van der Waals surface area (Å²) in [5.41, 5.74) is -2.37. The molecule has 0 aliphatic heterocycles. The Kier molecular flexibility index (Phi) is 4.52. The lowest BCUT2D eigenvalue weighted by atomic mass is 10.1. The molecule has 25 heavy (non-hydrogen) atoms. The van der Waals surface area contributed by atoms with Gasteiger partial charge in [0.25, 0.3) is 5.56 Å². The monoisotopic (exact) mass is 365 g/mol. The van der Waals surface area contributed by atoms with Crippen LogP contribution in [0.1, 0.15) is 37.3 Å². The van der Waals surface area contributed by atoms with Crippen LogP contribution in [0.3, 0.4) is 0 Å². The second-order valence-electron chi connectivity index (χ2n) is 6.04. The number of aromatic nitrogens is 1. The molecular formula is C17H14F3N3OS. The minimum Gasteiger partial charge on any atom is -0.266 e. The number of hydrogen-bond acceptors (Lipinski definition) is 4. The Morgan fingerprint density at radius 3 is 2.72 bits per heavy atom. The molecule has 0 aromatic carbocycles. The van der Waals surface area contributed by atoms with Gasteiger partial charge in [-0.2, -0.15) is 28.2 Å². The SMILES string of the molecule is CC1CCC(=Nn2c(-c3cccs3)cc(C(F)(F)F)c(C#N)c2=O)C1. The van der Waals surface area contributed by atoms with Crippen LogP contribution in [0, 0.1) is 17.2 Å². The van der Waals surface area contributed by atoms with Gasteiger partial charge in [-0.1, -0.05) is 13.0 Å². The van der Waals surface area contributed by atoms with Crippen LogP contribution in [0.5, 0.6) is 0 Å². The van der Waals surface area contributed by atoms with E-state index in [2.05, 4.69) is 12.0 Å². The van der Waals surface area contributed by atoms with Crippen molar-refractivity contribution in [1.82, 2.24) is 4.68 Å². The highest BCUT2D eigenvalue weighted by molar-refractivity contribution is 7.13. The van der Waals surface area contributed by atoms with Crippen LogP contribution in [-0.4, -0.2) is 10.4 Å². The lowest BCUT2D eigenvalue weighted by Crippen LogP contribution is -2.26. The number of rotatable bonds is 2. The molecule has 2 heterocycles. The van der Waals surface area contributed by atoms with E-state index in [4.69, 9.17) is 5.26 Å². The van der Waals surface area contributed by atoms with E-state index in [9.17, 15) is 18.0 Å². The highest BCUT2D eigenvalue weighted by Gasteiger charge is 2.37. The fourth-order valence-corrected chi connectivity index (χ4v) is 3.61. The molecule has 1 aliphatic carbocycles. The van der Waals surface area contributed by atoms with Gasteiger partial charge < -0.3 is 0 Å². The van der Waals surface area contributed by atoms with E-state index in [1.165, 1.54) is 17.4 Å². The Hall–Kier alpha value is -2.40. The zero-order chi connectivity index (χ0) is 18.2. The predicted molar refractivity (Wildman–Crippen MR) is 89.6 cm³/mol. The summed E-state index contributed by atoms with van der Waals surface area (Å²) in [6.07, 6.45) is -2.47.